The number of alkyl halides is 1. The van der Waals surface area contributed by atoms with Crippen molar-refractivity contribution >= 4 is 11.6 Å². The van der Waals surface area contributed by atoms with Gasteiger partial charge >= 0.3 is 0 Å². The third-order valence-corrected chi connectivity index (χ3v) is 3.47. The van der Waals surface area contributed by atoms with E-state index in [4.69, 9.17) is 11.6 Å². The normalized spacial score (nSPS) is 31.7. The van der Waals surface area contributed by atoms with Gasteiger partial charge in [-0.05, 0) is 37.7 Å². The minimum atomic E-state index is -0.252. The van der Waals surface area contributed by atoms with Gasteiger partial charge in [-0.1, -0.05) is 38.2 Å². The zero-order chi connectivity index (χ0) is 10.4. The molecular weight excluding hydrogens is 192 g/mol. The van der Waals surface area contributed by atoms with E-state index >= 15 is 0 Å². The van der Waals surface area contributed by atoms with E-state index in [-0.39, 0.29) is 4.87 Å². The molecule has 0 unspecified atom stereocenters. The molecule has 0 spiro atoms. The Balaban J connectivity index is 2.44. The van der Waals surface area contributed by atoms with Crippen LogP contribution in [-0.2, 0) is 0 Å². The highest BCUT2D eigenvalue weighted by Gasteiger charge is 2.31. The van der Waals surface area contributed by atoms with Crippen molar-refractivity contribution in [1.82, 2.24) is 0 Å². The number of allylic oxidation sites excluding steroid dienone is 1. The van der Waals surface area contributed by atoms with Gasteiger partial charge in [-0.2, -0.15) is 0 Å². The molecule has 0 aliphatic heterocycles. The van der Waals surface area contributed by atoms with Crippen LogP contribution < -0.4 is 0 Å². The predicted octanol–water partition coefficient (Wildman–Crippen LogP) is 4.14. The van der Waals surface area contributed by atoms with Gasteiger partial charge in [0.25, 0.3) is 0 Å². The largest absolute Gasteiger partial charge is 0.105 e. The second kappa shape index (κ2) is 5.47. The summed E-state index contributed by atoms with van der Waals surface area (Å²) < 4.78 is 0. The van der Waals surface area contributed by atoms with E-state index in [1.807, 2.05) is 0 Å². The topological polar surface area (TPSA) is 0 Å². The number of hydrogen-bond donors (Lipinski definition) is 0. The first-order chi connectivity index (χ1) is 6.70. The first-order valence-electron chi connectivity index (χ1n) is 5.52. The Labute approximate surface area is 92.7 Å². The molecule has 0 radical (unpaired) electrons. The molecule has 1 rings (SSSR count). The van der Waals surface area contributed by atoms with Crippen LogP contribution >= 0.6 is 11.6 Å². The quantitative estimate of drug-likeness (QED) is 0.475. The molecule has 0 nitrogen and oxygen atoms in total. The molecule has 0 amide bonds. The van der Waals surface area contributed by atoms with Crippen molar-refractivity contribution < 1.29 is 0 Å². The highest BCUT2D eigenvalue weighted by Crippen LogP contribution is 2.38. The summed E-state index contributed by atoms with van der Waals surface area (Å²) in [7, 11) is 0. The first-order valence-corrected chi connectivity index (χ1v) is 5.90. The summed E-state index contributed by atoms with van der Waals surface area (Å²) in [6, 6.07) is 0. The van der Waals surface area contributed by atoms with E-state index in [9.17, 15) is 0 Å². The summed E-state index contributed by atoms with van der Waals surface area (Å²) in [6.45, 7) is 5.84. The van der Waals surface area contributed by atoms with Crippen molar-refractivity contribution in [1.29, 1.82) is 0 Å². The van der Waals surface area contributed by atoms with E-state index < -0.39 is 0 Å². The molecule has 0 saturated heterocycles. The summed E-state index contributed by atoms with van der Waals surface area (Å²) in [5.41, 5.74) is 0. The molecule has 78 valence electrons. The summed E-state index contributed by atoms with van der Waals surface area (Å²) in [4.78, 5) is -0.252. The summed E-state index contributed by atoms with van der Waals surface area (Å²) in [6.07, 6.45) is 8.83. The lowest BCUT2D eigenvalue weighted by Gasteiger charge is -2.31. The van der Waals surface area contributed by atoms with Gasteiger partial charge in [0.2, 0.25) is 0 Å². The van der Waals surface area contributed by atoms with Crippen LogP contribution in [0.1, 0.15) is 45.4 Å². The lowest BCUT2D eigenvalue weighted by Crippen LogP contribution is -2.26. The molecule has 0 heterocycles. The van der Waals surface area contributed by atoms with Crippen LogP contribution in [0.25, 0.3) is 0 Å². The molecule has 1 aliphatic carbocycles. The second-order valence-electron chi connectivity index (χ2n) is 4.17. The number of halogens is 1. The van der Waals surface area contributed by atoms with E-state index in [0.29, 0.717) is 0 Å². The van der Waals surface area contributed by atoms with Gasteiger partial charge in [-0.25, -0.2) is 0 Å². The van der Waals surface area contributed by atoms with Crippen LogP contribution in [0.5, 0.6) is 0 Å². The van der Waals surface area contributed by atoms with E-state index in [2.05, 4.69) is 25.3 Å². The van der Waals surface area contributed by atoms with Crippen LogP contribution in [0.15, 0.2) is 12.7 Å². The average Bonchev–Trinajstić information content (AvgIpc) is 2.20. The highest BCUT2D eigenvalue weighted by molar-refractivity contribution is 6.26. The van der Waals surface area contributed by atoms with Crippen molar-refractivity contribution in [3.63, 3.8) is 0 Å². The van der Waals surface area contributed by atoms with E-state index in [0.717, 1.165) is 18.8 Å². The summed E-state index contributed by atoms with van der Waals surface area (Å²) in [5.74, 6) is 6.88. The highest BCUT2D eigenvalue weighted by atomic mass is 35.5. The molecule has 0 bridgehead atoms. The fourth-order valence-corrected chi connectivity index (χ4v) is 2.41. The first kappa shape index (κ1) is 11.7. The Morgan fingerprint density at radius 3 is 2.64 bits per heavy atom. The third-order valence-electron chi connectivity index (χ3n) is 2.99. The lowest BCUT2D eigenvalue weighted by atomic mass is 9.80. The maximum atomic E-state index is 6.40. The molecule has 1 aliphatic rings. The minimum Gasteiger partial charge on any atom is -0.105 e. The minimum absolute atomic E-state index is 0.252. The Bertz CT molecular complexity index is 236. The van der Waals surface area contributed by atoms with E-state index in [1.54, 1.807) is 6.08 Å². The Hall–Kier alpha value is -0.410. The van der Waals surface area contributed by atoms with Gasteiger partial charge < -0.3 is 0 Å². The molecule has 1 saturated carbocycles. The molecule has 1 heteroatoms. The molecule has 1 fully saturated rings. The van der Waals surface area contributed by atoms with Crippen molar-refractivity contribution in [2.45, 2.75) is 50.3 Å². The van der Waals surface area contributed by atoms with Crippen LogP contribution in [0.3, 0.4) is 0 Å². The third kappa shape index (κ3) is 3.39. The standard InChI is InChI=1S/C13H19Cl/c1-3-5-9-13(14)10-7-12(6-4-2)8-11-13/h3,12H,1,4,6-8,10-11H2,2H3. The van der Waals surface area contributed by atoms with Crippen LogP contribution in [0.4, 0.5) is 0 Å². The van der Waals surface area contributed by atoms with E-state index in [1.165, 1.54) is 25.7 Å². The Morgan fingerprint density at radius 1 is 1.50 bits per heavy atom. The molecule has 0 N–H and O–H groups in total. The fraction of sp³-hybridized carbons (Fsp3) is 0.692. The number of rotatable bonds is 2. The van der Waals surface area contributed by atoms with Crippen molar-refractivity contribution in [3.05, 3.63) is 12.7 Å². The maximum Gasteiger partial charge on any atom is 0.105 e. The van der Waals surface area contributed by atoms with Gasteiger partial charge in [0, 0.05) is 0 Å². The Kier molecular flexibility index (Phi) is 4.55. The summed E-state index contributed by atoms with van der Waals surface area (Å²) >= 11 is 6.40. The van der Waals surface area contributed by atoms with Gasteiger partial charge in [-0.3, -0.25) is 0 Å². The lowest BCUT2D eigenvalue weighted by molar-refractivity contribution is 0.314. The number of hydrogen-bond acceptors (Lipinski definition) is 0. The molecule has 0 aromatic carbocycles. The SMILES string of the molecule is C=CC#CC1(Cl)CCC(CCC)CC1. The smallest absolute Gasteiger partial charge is 0.105 e. The summed E-state index contributed by atoms with van der Waals surface area (Å²) in [5, 5.41) is 0. The fourth-order valence-electron chi connectivity index (χ4n) is 2.14. The zero-order valence-corrected chi connectivity index (χ0v) is 9.74. The molecule has 14 heavy (non-hydrogen) atoms. The maximum absolute atomic E-state index is 6.40. The molecule has 0 atom stereocenters. The van der Waals surface area contributed by atoms with Crippen molar-refractivity contribution in [3.8, 4) is 11.8 Å². The monoisotopic (exact) mass is 210 g/mol. The van der Waals surface area contributed by atoms with Gasteiger partial charge in [0.1, 0.15) is 4.87 Å². The van der Waals surface area contributed by atoms with Gasteiger partial charge in [0.05, 0.1) is 0 Å². The predicted molar refractivity (Wildman–Crippen MR) is 63.4 cm³/mol. The molecule has 0 aromatic rings. The van der Waals surface area contributed by atoms with Crippen molar-refractivity contribution in [2.24, 2.45) is 5.92 Å². The van der Waals surface area contributed by atoms with Crippen LogP contribution in [0.2, 0.25) is 0 Å². The Morgan fingerprint density at radius 2 is 2.14 bits per heavy atom. The second-order valence-corrected chi connectivity index (χ2v) is 4.89. The molecular formula is C13H19Cl. The van der Waals surface area contributed by atoms with Crippen molar-refractivity contribution in [2.75, 3.05) is 0 Å². The van der Waals surface area contributed by atoms with Gasteiger partial charge in [0.15, 0.2) is 0 Å². The van der Waals surface area contributed by atoms with Crippen LogP contribution in [-0.4, -0.2) is 4.87 Å². The van der Waals surface area contributed by atoms with Gasteiger partial charge in [-0.15, -0.1) is 11.6 Å². The average molecular weight is 211 g/mol. The zero-order valence-electron chi connectivity index (χ0n) is 8.98. The molecule has 0 aromatic heterocycles. The van der Waals surface area contributed by atoms with Crippen LogP contribution in [0, 0.1) is 17.8 Å².